The highest BCUT2D eigenvalue weighted by atomic mass is 35.5. The Morgan fingerprint density at radius 2 is 1.71 bits per heavy atom. The molecule has 1 N–H and O–H groups in total. The Morgan fingerprint density at radius 3 is 2.33 bits per heavy atom. The molecule has 2 aromatic carbocycles. The lowest BCUT2D eigenvalue weighted by molar-refractivity contribution is 0.104. The second-order valence-electron chi connectivity index (χ2n) is 4.84. The Labute approximate surface area is 134 Å². The van der Waals surface area contributed by atoms with Crippen LogP contribution in [0.1, 0.15) is 21.5 Å². The fourth-order valence-corrected chi connectivity index (χ4v) is 2.55. The van der Waals surface area contributed by atoms with Crippen molar-refractivity contribution >= 4 is 34.7 Å². The van der Waals surface area contributed by atoms with Gasteiger partial charge in [-0.15, -0.1) is 0 Å². The van der Waals surface area contributed by atoms with Gasteiger partial charge in [-0.1, -0.05) is 29.3 Å². The Hall–Kier alpha value is -1.77. The van der Waals surface area contributed by atoms with Crippen LogP contribution in [0, 0.1) is 13.8 Å². The number of ketones is 1. The van der Waals surface area contributed by atoms with Gasteiger partial charge in [0.2, 0.25) is 0 Å². The van der Waals surface area contributed by atoms with Crippen LogP contribution in [0.5, 0.6) is 0 Å². The van der Waals surface area contributed by atoms with Crippen molar-refractivity contribution < 1.29 is 4.79 Å². The zero-order valence-electron chi connectivity index (χ0n) is 11.8. The van der Waals surface area contributed by atoms with Crippen molar-refractivity contribution in [3.8, 4) is 0 Å². The molecule has 2 rings (SSSR count). The van der Waals surface area contributed by atoms with E-state index in [2.05, 4.69) is 11.4 Å². The van der Waals surface area contributed by atoms with Gasteiger partial charge in [0, 0.05) is 28.5 Å². The molecule has 0 spiro atoms. The van der Waals surface area contributed by atoms with Gasteiger partial charge < -0.3 is 5.32 Å². The monoisotopic (exact) mass is 319 g/mol. The van der Waals surface area contributed by atoms with Crippen molar-refractivity contribution in [2.45, 2.75) is 13.8 Å². The molecule has 2 nitrogen and oxygen atoms in total. The predicted octanol–water partition coefficient (Wildman–Crippen LogP) is 5.42. The maximum Gasteiger partial charge on any atom is 0.188 e. The van der Waals surface area contributed by atoms with Crippen LogP contribution in [-0.2, 0) is 0 Å². The number of carbonyl (C=O) groups is 1. The van der Waals surface area contributed by atoms with E-state index in [1.54, 1.807) is 24.4 Å². The summed E-state index contributed by atoms with van der Waals surface area (Å²) in [4.78, 5) is 12.0. The van der Waals surface area contributed by atoms with Gasteiger partial charge in [-0.25, -0.2) is 0 Å². The number of aryl methyl sites for hydroxylation is 2. The van der Waals surface area contributed by atoms with E-state index in [0.717, 1.165) is 16.8 Å². The SMILES string of the molecule is Cc1cc(C)cc(NC=CC(=O)c2ccc(Cl)cc2Cl)c1. The first-order valence-corrected chi connectivity index (χ1v) is 7.22. The number of allylic oxidation sites excluding steroid dienone is 1. The molecule has 4 heteroatoms. The van der Waals surface area contributed by atoms with Crippen molar-refractivity contribution in [1.29, 1.82) is 0 Å². The summed E-state index contributed by atoms with van der Waals surface area (Å²) in [6, 6.07) is 10.9. The van der Waals surface area contributed by atoms with Crippen molar-refractivity contribution in [2.24, 2.45) is 0 Å². The highest BCUT2D eigenvalue weighted by Crippen LogP contribution is 2.21. The van der Waals surface area contributed by atoms with E-state index in [0.29, 0.717) is 15.6 Å². The third kappa shape index (κ3) is 4.35. The Balaban J connectivity index is 2.08. The van der Waals surface area contributed by atoms with E-state index in [-0.39, 0.29) is 5.78 Å². The van der Waals surface area contributed by atoms with Crippen LogP contribution in [0.25, 0.3) is 0 Å². The van der Waals surface area contributed by atoms with Crippen molar-refractivity contribution in [2.75, 3.05) is 5.32 Å². The zero-order chi connectivity index (χ0) is 15.4. The smallest absolute Gasteiger partial charge is 0.188 e. The van der Waals surface area contributed by atoms with Crippen molar-refractivity contribution in [3.05, 3.63) is 75.4 Å². The van der Waals surface area contributed by atoms with Gasteiger partial charge in [-0.2, -0.15) is 0 Å². The number of anilines is 1. The van der Waals surface area contributed by atoms with Crippen LogP contribution in [0.3, 0.4) is 0 Å². The molecule has 0 fully saturated rings. The first-order chi connectivity index (χ1) is 9.95. The van der Waals surface area contributed by atoms with E-state index in [1.807, 2.05) is 26.0 Å². The zero-order valence-corrected chi connectivity index (χ0v) is 13.3. The van der Waals surface area contributed by atoms with Crippen LogP contribution in [-0.4, -0.2) is 5.78 Å². The van der Waals surface area contributed by atoms with Gasteiger partial charge in [-0.05, 0) is 55.3 Å². The van der Waals surface area contributed by atoms with Gasteiger partial charge in [0.1, 0.15) is 0 Å². The second-order valence-corrected chi connectivity index (χ2v) is 5.69. The number of hydrogen-bond donors (Lipinski definition) is 1. The highest BCUT2D eigenvalue weighted by molar-refractivity contribution is 6.37. The molecular formula is C17H15Cl2NO. The van der Waals surface area contributed by atoms with E-state index >= 15 is 0 Å². The Morgan fingerprint density at radius 1 is 1.05 bits per heavy atom. The van der Waals surface area contributed by atoms with Crippen LogP contribution < -0.4 is 5.32 Å². The number of hydrogen-bond acceptors (Lipinski definition) is 2. The van der Waals surface area contributed by atoms with Crippen LogP contribution in [0.4, 0.5) is 5.69 Å². The highest BCUT2D eigenvalue weighted by Gasteiger charge is 2.07. The van der Waals surface area contributed by atoms with Crippen molar-refractivity contribution in [1.82, 2.24) is 0 Å². The molecule has 0 bridgehead atoms. The van der Waals surface area contributed by atoms with E-state index in [9.17, 15) is 4.79 Å². The summed E-state index contributed by atoms with van der Waals surface area (Å²) in [5.41, 5.74) is 3.70. The van der Waals surface area contributed by atoms with Crippen LogP contribution in [0.2, 0.25) is 10.0 Å². The normalized spacial score (nSPS) is 10.9. The molecule has 0 aliphatic heterocycles. The average Bonchev–Trinajstić information content (AvgIpc) is 2.37. The molecule has 0 aromatic heterocycles. The largest absolute Gasteiger partial charge is 0.362 e. The van der Waals surface area contributed by atoms with Crippen molar-refractivity contribution in [3.63, 3.8) is 0 Å². The van der Waals surface area contributed by atoms with Gasteiger partial charge in [-0.3, -0.25) is 4.79 Å². The summed E-state index contributed by atoms with van der Waals surface area (Å²) in [6.07, 6.45) is 3.06. The molecular weight excluding hydrogens is 305 g/mol. The van der Waals surface area contributed by atoms with Gasteiger partial charge in [0.05, 0.1) is 5.02 Å². The third-order valence-corrected chi connectivity index (χ3v) is 3.45. The number of halogens is 2. The van der Waals surface area contributed by atoms with E-state index < -0.39 is 0 Å². The minimum Gasteiger partial charge on any atom is -0.362 e. The summed E-state index contributed by atoms with van der Waals surface area (Å²) < 4.78 is 0. The minimum absolute atomic E-state index is 0.173. The summed E-state index contributed by atoms with van der Waals surface area (Å²) in [7, 11) is 0. The summed E-state index contributed by atoms with van der Waals surface area (Å²) >= 11 is 11.8. The summed E-state index contributed by atoms with van der Waals surface area (Å²) in [6.45, 7) is 4.06. The molecule has 0 aliphatic rings. The summed E-state index contributed by atoms with van der Waals surface area (Å²) in [5.74, 6) is -0.173. The fourth-order valence-electron chi connectivity index (χ4n) is 2.05. The average molecular weight is 320 g/mol. The Kier molecular flexibility index (Phi) is 5.05. The maximum atomic E-state index is 12.0. The number of carbonyl (C=O) groups excluding carboxylic acids is 1. The topological polar surface area (TPSA) is 29.1 Å². The Bertz CT molecular complexity index is 688. The second kappa shape index (κ2) is 6.79. The van der Waals surface area contributed by atoms with E-state index in [1.165, 1.54) is 6.08 Å². The molecule has 0 saturated heterocycles. The number of benzene rings is 2. The number of rotatable bonds is 4. The molecule has 0 saturated carbocycles. The lowest BCUT2D eigenvalue weighted by Crippen LogP contribution is -1.97. The van der Waals surface area contributed by atoms with E-state index in [4.69, 9.17) is 23.2 Å². The first kappa shape index (κ1) is 15.6. The van der Waals surface area contributed by atoms with Gasteiger partial charge in [0.15, 0.2) is 5.78 Å². The quantitative estimate of drug-likeness (QED) is 0.602. The van der Waals surface area contributed by atoms with Crippen LogP contribution >= 0.6 is 23.2 Å². The molecule has 0 amide bonds. The third-order valence-electron chi connectivity index (χ3n) is 2.90. The predicted molar refractivity (Wildman–Crippen MR) is 89.5 cm³/mol. The lowest BCUT2D eigenvalue weighted by Gasteiger charge is -2.04. The lowest BCUT2D eigenvalue weighted by atomic mass is 10.1. The molecule has 108 valence electrons. The maximum absolute atomic E-state index is 12.0. The first-order valence-electron chi connectivity index (χ1n) is 6.46. The fraction of sp³-hybridized carbons (Fsp3) is 0.118. The molecule has 0 aliphatic carbocycles. The van der Waals surface area contributed by atoms with Gasteiger partial charge in [0.25, 0.3) is 0 Å². The summed E-state index contributed by atoms with van der Waals surface area (Å²) in [5, 5.41) is 3.95. The molecule has 2 aromatic rings. The standard InChI is InChI=1S/C17H15Cl2NO/c1-11-7-12(2)9-14(8-11)20-6-5-17(21)15-4-3-13(18)10-16(15)19/h3-10,20H,1-2H3. The molecule has 0 atom stereocenters. The van der Waals surface area contributed by atoms with Gasteiger partial charge >= 0.3 is 0 Å². The number of nitrogens with one attached hydrogen (secondary N) is 1. The minimum atomic E-state index is -0.173. The molecule has 0 unspecified atom stereocenters. The molecule has 21 heavy (non-hydrogen) atoms. The molecule has 0 radical (unpaired) electrons. The van der Waals surface area contributed by atoms with Crippen LogP contribution in [0.15, 0.2) is 48.7 Å². The molecule has 0 heterocycles.